The third-order valence-corrected chi connectivity index (χ3v) is 11.8. The number of aliphatic hydroxyl groups excluding tert-OH is 1. The average Bonchev–Trinajstić information content (AvgIpc) is 3.05. The van der Waals surface area contributed by atoms with E-state index in [0.29, 0.717) is 41.4 Å². The molecule has 34 heavy (non-hydrogen) atoms. The molecule has 0 aromatic rings. The van der Waals surface area contributed by atoms with Crippen molar-refractivity contribution in [2.45, 2.75) is 106 Å². The number of carboxylic acid groups (broad SMARTS) is 1. The van der Waals surface area contributed by atoms with Crippen LogP contribution in [0.25, 0.3) is 0 Å². The minimum Gasteiger partial charge on any atom is -0.478 e. The Hall–Kier alpha value is -1.42. The summed E-state index contributed by atoms with van der Waals surface area (Å²) in [5, 5.41) is 21.0. The maximum atomic E-state index is 12.8. The first-order valence-corrected chi connectivity index (χ1v) is 13.5. The zero-order valence-electron chi connectivity index (χ0n) is 22.4. The number of rotatable bonds is 5. The van der Waals surface area contributed by atoms with Crippen LogP contribution in [-0.4, -0.2) is 28.1 Å². The van der Waals surface area contributed by atoms with E-state index in [1.165, 1.54) is 5.57 Å². The normalized spacial score (nSPS) is 44.5. The topological polar surface area (TPSA) is 74.6 Å². The van der Waals surface area contributed by atoms with Crippen LogP contribution in [0.3, 0.4) is 0 Å². The Labute approximate surface area is 206 Å². The summed E-state index contributed by atoms with van der Waals surface area (Å²) in [6.45, 7) is 15.4. The van der Waals surface area contributed by atoms with Crippen LogP contribution in [0.15, 0.2) is 23.3 Å². The van der Waals surface area contributed by atoms with Gasteiger partial charge < -0.3 is 10.2 Å². The standard InChI is InChI=1S/C30H46O4/c1-18(9-8-10-19(2)26(33)34)20-13-16-29(6)21-11-12-23-27(3,4)24(31)14-15-28(23,5)22(21)17-25(32)30(20,29)7/h10,17-18,20-21,23,25,32H,8-9,11-16H2,1-7H3,(H,33,34)/b19-10-/t18-,20-,21-,23-,25+,28-,29+,30+/m1/s1. The van der Waals surface area contributed by atoms with E-state index in [9.17, 15) is 14.7 Å². The number of ketones is 1. The maximum absolute atomic E-state index is 12.8. The molecule has 0 spiro atoms. The summed E-state index contributed by atoms with van der Waals surface area (Å²) in [6.07, 6.45) is 11.3. The first-order valence-electron chi connectivity index (χ1n) is 13.5. The molecule has 0 unspecified atom stereocenters. The summed E-state index contributed by atoms with van der Waals surface area (Å²) in [7, 11) is 0. The van der Waals surface area contributed by atoms with Gasteiger partial charge in [0.2, 0.25) is 0 Å². The highest BCUT2D eigenvalue weighted by Crippen LogP contribution is 2.72. The number of carboxylic acids is 1. The summed E-state index contributed by atoms with van der Waals surface area (Å²) < 4.78 is 0. The molecule has 190 valence electrons. The lowest BCUT2D eigenvalue weighted by atomic mass is 9.41. The first kappa shape index (κ1) is 25.7. The summed E-state index contributed by atoms with van der Waals surface area (Å²) >= 11 is 0. The molecule has 4 nitrogen and oxygen atoms in total. The predicted molar refractivity (Wildman–Crippen MR) is 135 cm³/mol. The van der Waals surface area contributed by atoms with E-state index in [1.807, 2.05) is 6.08 Å². The van der Waals surface area contributed by atoms with E-state index in [4.69, 9.17) is 5.11 Å². The Morgan fingerprint density at radius 1 is 1.15 bits per heavy atom. The van der Waals surface area contributed by atoms with Crippen molar-refractivity contribution in [3.8, 4) is 0 Å². The summed E-state index contributed by atoms with van der Waals surface area (Å²) in [6, 6.07) is 0. The molecule has 0 amide bonds. The van der Waals surface area contributed by atoms with Crippen LogP contribution in [0.2, 0.25) is 0 Å². The van der Waals surface area contributed by atoms with E-state index in [0.717, 1.165) is 44.9 Å². The van der Waals surface area contributed by atoms with Crippen molar-refractivity contribution >= 4 is 11.8 Å². The van der Waals surface area contributed by atoms with E-state index in [2.05, 4.69) is 47.6 Å². The van der Waals surface area contributed by atoms with Gasteiger partial charge >= 0.3 is 5.97 Å². The number of hydrogen-bond donors (Lipinski definition) is 2. The Bertz CT molecular complexity index is 928. The van der Waals surface area contributed by atoms with Gasteiger partial charge in [-0.2, -0.15) is 0 Å². The van der Waals surface area contributed by atoms with Gasteiger partial charge in [-0.05, 0) is 86.4 Å². The third kappa shape index (κ3) is 3.41. The van der Waals surface area contributed by atoms with Gasteiger partial charge in [0.1, 0.15) is 5.78 Å². The van der Waals surface area contributed by atoms with Gasteiger partial charge in [0.05, 0.1) is 6.10 Å². The molecule has 0 bridgehead atoms. The Morgan fingerprint density at radius 3 is 2.47 bits per heavy atom. The van der Waals surface area contributed by atoms with Crippen molar-refractivity contribution in [3.63, 3.8) is 0 Å². The monoisotopic (exact) mass is 470 g/mol. The van der Waals surface area contributed by atoms with Gasteiger partial charge in [0.25, 0.3) is 0 Å². The highest BCUT2D eigenvalue weighted by Gasteiger charge is 2.67. The molecule has 3 saturated carbocycles. The molecule has 4 heteroatoms. The number of aliphatic hydroxyl groups is 1. The fourth-order valence-corrected chi connectivity index (χ4v) is 9.37. The molecule has 4 rings (SSSR count). The predicted octanol–water partition coefficient (Wildman–Crippen LogP) is 6.58. The van der Waals surface area contributed by atoms with Gasteiger partial charge in [0, 0.05) is 22.8 Å². The molecule has 4 aliphatic carbocycles. The van der Waals surface area contributed by atoms with Crippen molar-refractivity contribution in [2.75, 3.05) is 0 Å². The van der Waals surface area contributed by atoms with Crippen molar-refractivity contribution in [3.05, 3.63) is 23.3 Å². The summed E-state index contributed by atoms with van der Waals surface area (Å²) in [4.78, 5) is 24.0. The summed E-state index contributed by atoms with van der Waals surface area (Å²) in [5.41, 5.74) is 1.43. The van der Waals surface area contributed by atoms with Gasteiger partial charge in [-0.25, -0.2) is 4.79 Å². The quantitative estimate of drug-likeness (QED) is 0.352. The second-order valence-electron chi connectivity index (χ2n) is 13.4. The fourth-order valence-electron chi connectivity index (χ4n) is 9.37. The lowest BCUT2D eigenvalue weighted by Gasteiger charge is -2.64. The molecule has 8 atom stereocenters. The van der Waals surface area contributed by atoms with Crippen LogP contribution >= 0.6 is 0 Å². The van der Waals surface area contributed by atoms with Crippen LogP contribution in [-0.2, 0) is 9.59 Å². The largest absolute Gasteiger partial charge is 0.478 e. The third-order valence-electron chi connectivity index (χ3n) is 11.8. The van der Waals surface area contributed by atoms with E-state index < -0.39 is 12.1 Å². The number of aliphatic carboxylic acids is 1. The van der Waals surface area contributed by atoms with Crippen LogP contribution in [0.1, 0.15) is 99.8 Å². The van der Waals surface area contributed by atoms with Gasteiger partial charge in [-0.3, -0.25) is 4.79 Å². The second-order valence-corrected chi connectivity index (χ2v) is 13.4. The molecule has 3 fully saturated rings. The van der Waals surface area contributed by atoms with Crippen LogP contribution < -0.4 is 0 Å². The van der Waals surface area contributed by atoms with E-state index in [-0.39, 0.29) is 21.7 Å². The lowest BCUT2D eigenvalue weighted by molar-refractivity contribution is -0.146. The Balaban J connectivity index is 1.64. The van der Waals surface area contributed by atoms with Gasteiger partial charge in [-0.15, -0.1) is 0 Å². The maximum Gasteiger partial charge on any atom is 0.330 e. The number of allylic oxidation sites excluding steroid dienone is 2. The second kappa shape index (κ2) is 8.32. The average molecular weight is 471 g/mol. The molecule has 0 aromatic heterocycles. The first-order chi connectivity index (χ1) is 15.7. The molecule has 0 aliphatic heterocycles. The van der Waals surface area contributed by atoms with Crippen molar-refractivity contribution in [1.82, 2.24) is 0 Å². The molecule has 4 aliphatic rings. The van der Waals surface area contributed by atoms with Crippen LogP contribution in [0, 0.1) is 45.3 Å². The molecular weight excluding hydrogens is 424 g/mol. The highest BCUT2D eigenvalue weighted by atomic mass is 16.4. The van der Waals surface area contributed by atoms with Crippen molar-refractivity contribution in [1.29, 1.82) is 0 Å². The van der Waals surface area contributed by atoms with Crippen molar-refractivity contribution in [2.24, 2.45) is 45.3 Å². The highest BCUT2D eigenvalue weighted by molar-refractivity contribution is 5.86. The van der Waals surface area contributed by atoms with E-state index in [1.54, 1.807) is 6.92 Å². The van der Waals surface area contributed by atoms with Gasteiger partial charge in [-0.1, -0.05) is 59.3 Å². The molecule has 0 radical (unpaired) electrons. The van der Waals surface area contributed by atoms with E-state index >= 15 is 0 Å². The minimum atomic E-state index is -0.842. The molecule has 0 heterocycles. The zero-order valence-corrected chi connectivity index (χ0v) is 22.4. The fraction of sp³-hybridized carbons (Fsp3) is 0.800. The Morgan fingerprint density at radius 2 is 1.82 bits per heavy atom. The number of carbonyl (C=O) groups excluding carboxylic acids is 1. The molecular formula is C30H46O4. The van der Waals surface area contributed by atoms with Crippen LogP contribution in [0.4, 0.5) is 0 Å². The zero-order chi connectivity index (χ0) is 25.3. The van der Waals surface area contributed by atoms with Crippen LogP contribution in [0.5, 0.6) is 0 Å². The number of fused-ring (bicyclic) bond motifs is 5. The smallest absolute Gasteiger partial charge is 0.330 e. The molecule has 2 N–H and O–H groups in total. The molecule has 0 saturated heterocycles. The minimum absolute atomic E-state index is 0.00545. The summed E-state index contributed by atoms with van der Waals surface area (Å²) in [5.74, 6) is 1.22. The Kier molecular flexibility index (Phi) is 6.28. The lowest BCUT2D eigenvalue weighted by Crippen LogP contribution is -2.60. The van der Waals surface area contributed by atoms with Crippen molar-refractivity contribution < 1.29 is 19.8 Å². The molecule has 0 aromatic carbocycles. The number of hydrogen-bond acceptors (Lipinski definition) is 3. The number of carbonyl (C=O) groups is 2. The van der Waals surface area contributed by atoms with Gasteiger partial charge in [0.15, 0.2) is 0 Å². The number of Topliss-reactive ketones (excluding diaryl/α,β-unsaturated/α-hetero) is 1. The SMILES string of the molecule is C/C(=C/CC[C@@H](C)[C@H]1CC[C@@]2(C)[C@@H]3CC[C@@H]4C(C)(C)C(=O)CC[C@]4(C)C3=C[C@H](O)[C@]12C)C(=O)O.